The summed E-state index contributed by atoms with van der Waals surface area (Å²) in [4.78, 5) is 0. The van der Waals surface area contributed by atoms with E-state index in [1.54, 1.807) is 6.07 Å². The zero-order chi connectivity index (χ0) is 11.7. The van der Waals surface area contributed by atoms with Crippen molar-refractivity contribution in [1.29, 1.82) is 0 Å². The molecule has 0 aliphatic heterocycles. The van der Waals surface area contributed by atoms with Gasteiger partial charge in [-0.05, 0) is 18.2 Å². The number of alkyl halides is 6. The highest BCUT2D eigenvalue weighted by atomic mass is 19.4. The van der Waals surface area contributed by atoms with Gasteiger partial charge in [-0.2, -0.15) is 13.2 Å². The predicted octanol–water partition coefficient (Wildman–Crippen LogP) is 3.40. The molecule has 0 aromatic heterocycles. The molecule has 1 aromatic rings. The highest BCUT2D eigenvalue weighted by Crippen LogP contribution is 2.31. The molecule has 0 unspecified atom stereocenters. The summed E-state index contributed by atoms with van der Waals surface area (Å²) in [6.07, 6.45) is -9.54. The molecule has 83 valence electrons. The summed E-state index contributed by atoms with van der Waals surface area (Å²) in [6.45, 7) is 0. The van der Waals surface area contributed by atoms with Crippen LogP contribution in [-0.2, 0) is 6.18 Å². The van der Waals surface area contributed by atoms with E-state index in [4.69, 9.17) is 0 Å². The molecule has 0 saturated carbocycles. The van der Waals surface area contributed by atoms with Gasteiger partial charge in [0.1, 0.15) is 5.75 Å². The lowest BCUT2D eigenvalue weighted by Gasteiger charge is -2.10. The van der Waals surface area contributed by atoms with E-state index in [1.807, 2.05) is 0 Å². The Kier molecular flexibility index (Phi) is 2.83. The second kappa shape index (κ2) is 3.63. The molecule has 0 bridgehead atoms. The molecule has 1 radical (unpaired) electrons. The first kappa shape index (κ1) is 11.7. The Morgan fingerprint density at radius 1 is 1.00 bits per heavy atom. The number of rotatable bonds is 1. The standard InChI is InChI=1S/C8H3F6O/c9-7(10,11)5-1-3-6(4-2-5)15-8(12,13)14/h1-3H. The summed E-state index contributed by atoms with van der Waals surface area (Å²) in [6, 6.07) is 3.16. The maximum Gasteiger partial charge on any atom is 0.573 e. The Bertz CT molecular complexity index is 322. The highest BCUT2D eigenvalue weighted by Gasteiger charge is 2.33. The van der Waals surface area contributed by atoms with Crippen LogP contribution in [0.3, 0.4) is 0 Å². The molecule has 0 saturated heterocycles. The van der Waals surface area contributed by atoms with Crippen molar-refractivity contribution in [3.05, 3.63) is 29.8 Å². The quantitative estimate of drug-likeness (QED) is 0.670. The van der Waals surface area contributed by atoms with Gasteiger partial charge in [0.15, 0.2) is 0 Å². The Hall–Kier alpha value is -1.40. The molecule has 0 aliphatic carbocycles. The van der Waals surface area contributed by atoms with Gasteiger partial charge in [0.25, 0.3) is 0 Å². The second-order valence-electron chi connectivity index (χ2n) is 2.49. The van der Waals surface area contributed by atoms with Gasteiger partial charge in [-0.1, -0.05) is 0 Å². The smallest absolute Gasteiger partial charge is 0.405 e. The van der Waals surface area contributed by atoms with Gasteiger partial charge in [0.2, 0.25) is 0 Å². The molecule has 0 heterocycles. The van der Waals surface area contributed by atoms with E-state index in [0.29, 0.717) is 18.2 Å². The van der Waals surface area contributed by atoms with Gasteiger partial charge >= 0.3 is 12.5 Å². The van der Waals surface area contributed by atoms with Crippen molar-refractivity contribution in [3.8, 4) is 5.75 Å². The van der Waals surface area contributed by atoms with Gasteiger partial charge in [0, 0.05) is 6.07 Å². The van der Waals surface area contributed by atoms with Gasteiger partial charge in [0.05, 0.1) is 5.56 Å². The molecule has 0 fully saturated rings. The fraction of sp³-hybridized carbons (Fsp3) is 0.250. The highest BCUT2D eigenvalue weighted by molar-refractivity contribution is 5.27. The first-order chi connectivity index (χ1) is 6.68. The van der Waals surface area contributed by atoms with Crippen LogP contribution in [-0.4, -0.2) is 6.36 Å². The SMILES string of the molecule is FC(F)(F)Oc1[c]cc(C(F)(F)F)cc1. The summed E-state index contributed by atoms with van der Waals surface area (Å²) >= 11 is 0. The molecule has 0 aliphatic rings. The van der Waals surface area contributed by atoms with E-state index in [9.17, 15) is 26.3 Å². The summed E-state index contributed by atoms with van der Waals surface area (Å²) in [5.41, 5.74) is -1.09. The van der Waals surface area contributed by atoms with E-state index in [0.717, 1.165) is 0 Å². The van der Waals surface area contributed by atoms with E-state index in [2.05, 4.69) is 4.74 Å². The Morgan fingerprint density at radius 2 is 1.60 bits per heavy atom. The minimum Gasteiger partial charge on any atom is -0.405 e. The van der Waals surface area contributed by atoms with Gasteiger partial charge < -0.3 is 4.74 Å². The van der Waals surface area contributed by atoms with Crippen LogP contribution in [0.4, 0.5) is 26.3 Å². The summed E-state index contributed by atoms with van der Waals surface area (Å²) < 4.78 is 74.1. The molecule has 0 N–H and O–H groups in total. The van der Waals surface area contributed by atoms with Crippen LogP contribution in [0.25, 0.3) is 0 Å². The largest absolute Gasteiger partial charge is 0.573 e. The van der Waals surface area contributed by atoms with Crippen LogP contribution in [0.5, 0.6) is 5.75 Å². The lowest BCUT2D eigenvalue weighted by atomic mass is 10.2. The predicted molar refractivity (Wildman–Crippen MR) is 37.0 cm³/mol. The van der Waals surface area contributed by atoms with Crippen molar-refractivity contribution in [3.63, 3.8) is 0 Å². The first-order valence-electron chi connectivity index (χ1n) is 3.53. The van der Waals surface area contributed by atoms with E-state index < -0.39 is 23.9 Å². The van der Waals surface area contributed by atoms with Crippen molar-refractivity contribution in [2.24, 2.45) is 0 Å². The number of ether oxygens (including phenoxy) is 1. The molecule has 7 heteroatoms. The average Bonchev–Trinajstić information content (AvgIpc) is 2.00. The molecule has 0 amide bonds. The van der Waals surface area contributed by atoms with Crippen molar-refractivity contribution in [1.82, 2.24) is 0 Å². The van der Waals surface area contributed by atoms with Crippen LogP contribution in [0.1, 0.15) is 5.56 Å². The average molecular weight is 229 g/mol. The second-order valence-corrected chi connectivity index (χ2v) is 2.49. The normalized spacial score (nSPS) is 12.7. The first-order valence-corrected chi connectivity index (χ1v) is 3.53. The number of hydrogen-bond donors (Lipinski definition) is 0. The summed E-state index contributed by atoms with van der Waals surface area (Å²) in [7, 11) is 0. The lowest BCUT2D eigenvalue weighted by molar-refractivity contribution is -0.274. The maximum absolute atomic E-state index is 12.0. The van der Waals surface area contributed by atoms with Gasteiger partial charge in [-0.15, -0.1) is 13.2 Å². The van der Waals surface area contributed by atoms with Crippen LogP contribution in [0, 0.1) is 6.07 Å². The maximum atomic E-state index is 12.0. The summed E-state index contributed by atoms with van der Waals surface area (Å²) in [5, 5.41) is 0. The number of benzene rings is 1. The third-order valence-corrected chi connectivity index (χ3v) is 1.34. The van der Waals surface area contributed by atoms with Crippen molar-refractivity contribution >= 4 is 0 Å². The molecule has 0 spiro atoms. The Morgan fingerprint density at radius 3 is 1.93 bits per heavy atom. The van der Waals surface area contributed by atoms with Crippen LogP contribution in [0.15, 0.2) is 18.2 Å². The fourth-order valence-electron chi connectivity index (χ4n) is 0.775. The van der Waals surface area contributed by atoms with Crippen molar-refractivity contribution < 1.29 is 31.1 Å². The van der Waals surface area contributed by atoms with Gasteiger partial charge in [-0.3, -0.25) is 0 Å². The van der Waals surface area contributed by atoms with Crippen LogP contribution >= 0.6 is 0 Å². The topological polar surface area (TPSA) is 9.23 Å². The molecule has 1 nitrogen and oxygen atoms in total. The zero-order valence-corrected chi connectivity index (χ0v) is 6.91. The molecule has 1 aromatic carbocycles. The minimum absolute atomic E-state index is 0.390. The molecule has 1 rings (SSSR count). The van der Waals surface area contributed by atoms with Crippen LogP contribution < -0.4 is 4.74 Å². The van der Waals surface area contributed by atoms with Crippen molar-refractivity contribution in [2.45, 2.75) is 12.5 Å². The van der Waals surface area contributed by atoms with E-state index >= 15 is 0 Å². The van der Waals surface area contributed by atoms with Crippen molar-refractivity contribution in [2.75, 3.05) is 0 Å². The number of halogens is 6. The third kappa shape index (κ3) is 3.69. The zero-order valence-electron chi connectivity index (χ0n) is 6.91. The Labute approximate surface area is 80.3 Å². The number of hydrogen-bond acceptors (Lipinski definition) is 1. The third-order valence-electron chi connectivity index (χ3n) is 1.34. The molecule has 0 atom stereocenters. The molecule has 15 heavy (non-hydrogen) atoms. The summed E-state index contributed by atoms with van der Waals surface area (Å²) in [5.74, 6) is -0.810. The van der Waals surface area contributed by atoms with E-state index in [-0.39, 0.29) is 0 Å². The minimum atomic E-state index is -4.93. The van der Waals surface area contributed by atoms with Gasteiger partial charge in [-0.25, -0.2) is 0 Å². The lowest BCUT2D eigenvalue weighted by Crippen LogP contribution is -2.17. The van der Waals surface area contributed by atoms with E-state index in [1.165, 1.54) is 0 Å². The fourth-order valence-corrected chi connectivity index (χ4v) is 0.775. The molecular weight excluding hydrogens is 226 g/mol. The molecular formula is C8H3F6O. The Balaban J connectivity index is 2.82. The monoisotopic (exact) mass is 229 g/mol. The van der Waals surface area contributed by atoms with Crippen LogP contribution in [0.2, 0.25) is 0 Å².